The first kappa shape index (κ1) is 18.0. The maximum Gasteiger partial charge on any atom is 0.409 e. The predicted molar refractivity (Wildman–Crippen MR) is 92.1 cm³/mol. The number of rotatable bonds is 5. The molecule has 7 nitrogen and oxygen atoms in total. The van der Waals surface area contributed by atoms with E-state index in [1.165, 1.54) is 0 Å². The third-order valence-electron chi connectivity index (χ3n) is 4.10. The molecule has 2 amide bonds. The second kappa shape index (κ2) is 8.52. The second-order valence-electron chi connectivity index (χ2n) is 5.86. The summed E-state index contributed by atoms with van der Waals surface area (Å²) in [6, 6.07) is 3.98. The highest BCUT2D eigenvalue weighted by Crippen LogP contribution is 2.14. The fourth-order valence-electron chi connectivity index (χ4n) is 2.49. The van der Waals surface area contributed by atoms with Gasteiger partial charge < -0.3 is 19.9 Å². The molecule has 0 spiro atoms. The third kappa shape index (κ3) is 4.59. The Morgan fingerprint density at radius 2 is 1.92 bits per heavy atom. The summed E-state index contributed by atoms with van der Waals surface area (Å²) in [6.07, 6.45) is 2.33. The van der Waals surface area contributed by atoms with Gasteiger partial charge in [-0.2, -0.15) is 0 Å². The van der Waals surface area contributed by atoms with Crippen LogP contribution in [0.25, 0.3) is 0 Å². The Bertz CT molecular complexity index is 571. The van der Waals surface area contributed by atoms with Crippen LogP contribution in [0.1, 0.15) is 37.7 Å². The average Bonchev–Trinajstić information content (AvgIpc) is 2.61. The number of nitrogens with one attached hydrogen (secondary N) is 1. The number of nitrogens with zero attached hydrogens (tertiary/aromatic N) is 3. The van der Waals surface area contributed by atoms with Gasteiger partial charge in [0.15, 0.2) is 0 Å². The standard InChI is InChI=1S/C17H26N4O3/c1-4-13(3)19-14-6-7-18-15(12-14)16(22)20-8-10-21(11-9-20)17(23)24-5-2/h6-7,12-13H,4-5,8-11H2,1-3H3,(H,18,19). The van der Waals surface area contributed by atoms with Crippen molar-refractivity contribution in [3.8, 4) is 0 Å². The zero-order valence-electron chi connectivity index (χ0n) is 14.6. The third-order valence-corrected chi connectivity index (χ3v) is 4.10. The molecule has 1 fully saturated rings. The van der Waals surface area contributed by atoms with E-state index in [2.05, 4.69) is 24.1 Å². The lowest BCUT2D eigenvalue weighted by Crippen LogP contribution is -2.50. The van der Waals surface area contributed by atoms with Crippen molar-refractivity contribution in [2.75, 3.05) is 38.1 Å². The van der Waals surface area contributed by atoms with Gasteiger partial charge >= 0.3 is 6.09 Å². The summed E-state index contributed by atoms with van der Waals surface area (Å²) in [6.45, 7) is 8.28. The summed E-state index contributed by atoms with van der Waals surface area (Å²) in [5.74, 6) is -0.105. The van der Waals surface area contributed by atoms with Crippen LogP contribution in [-0.2, 0) is 4.74 Å². The van der Waals surface area contributed by atoms with Gasteiger partial charge in [-0.05, 0) is 32.4 Å². The molecule has 1 aromatic rings. The van der Waals surface area contributed by atoms with Gasteiger partial charge in [0.2, 0.25) is 0 Å². The van der Waals surface area contributed by atoms with E-state index in [9.17, 15) is 9.59 Å². The molecule has 0 radical (unpaired) electrons. The topological polar surface area (TPSA) is 74.8 Å². The number of aromatic nitrogens is 1. The molecule has 7 heteroatoms. The second-order valence-corrected chi connectivity index (χ2v) is 5.86. The van der Waals surface area contributed by atoms with E-state index < -0.39 is 0 Å². The van der Waals surface area contributed by atoms with Crippen molar-refractivity contribution in [3.05, 3.63) is 24.0 Å². The number of carbonyl (C=O) groups is 2. The molecule has 1 unspecified atom stereocenters. The minimum absolute atomic E-state index is 0.105. The number of carbonyl (C=O) groups excluding carboxylic acids is 2. The maximum absolute atomic E-state index is 12.6. The molecular weight excluding hydrogens is 308 g/mol. The summed E-state index contributed by atoms with van der Waals surface area (Å²) >= 11 is 0. The summed E-state index contributed by atoms with van der Waals surface area (Å²) in [4.78, 5) is 31.9. The summed E-state index contributed by atoms with van der Waals surface area (Å²) in [7, 11) is 0. The molecule has 1 saturated heterocycles. The SMILES string of the molecule is CCOC(=O)N1CCN(C(=O)c2cc(NC(C)CC)ccn2)CC1. The summed E-state index contributed by atoms with van der Waals surface area (Å²) < 4.78 is 4.99. The van der Waals surface area contributed by atoms with Crippen LogP contribution in [0.3, 0.4) is 0 Å². The van der Waals surface area contributed by atoms with Crippen molar-refractivity contribution in [2.24, 2.45) is 0 Å². The Labute approximate surface area is 143 Å². The molecule has 0 aromatic carbocycles. The smallest absolute Gasteiger partial charge is 0.409 e. The summed E-state index contributed by atoms with van der Waals surface area (Å²) in [5, 5.41) is 3.35. The summed E-state index contributed by atoms with van der Waals surface area (Å²) in [5.41, 5.74) is 1.32. The van der Waals surface area contributed by atoms with E-state index in [4.69, 9.17) is 4.74 Å². The van der Waals surface area contributed by atoms with Crippen molar-refractivity contribution in [2.45, 2.75) is 33.2 Å². The van der Waals surface area contributed by atoms with Gasteiger partial charge in [0.25, 0.3) is 5.91 Å². The first-order chi connectivity index (χ1) is 11.5. The average molecular weight is 334 g/mol. The highest BCUT2D eigenvalue weighted by atomic mass is 16.6. The number of anilines is 1. The highest BCUT2D eigenvalue weighted by Gasteiger charge is 2.26. The van der Waals surface area contributed by atoms with Gasteiger partial charge in [-0.25, -0.2) is 4.79 Å². The van der Waals surface area contributed by atoms with Gasteiger partial charge in [-0.3, -0.25) is 9.78 Å². The number of hydrogen-bond donors (Lipinski definition) is 1. The molecule has 1 aliphatic heterocycles. The molecule has 0 bridgehead atoms. The van der Waals surface area contributed by atoms with Crippen LogP contribution in [0, 0.1) is 0 Å². The first-order valence-corrected chi connectivity index (χ1v) is 8.48. The molecule has 0 aliphatic carbocycles. The molecule has 1 atom stereocenters. The van der Waals surface area contributed by atoms with Crippen LogP contribution >= 0.6 is 0 Å². The quantitative estimate of drug-likeness (QED) is 0.893. The van der Waals surface area contributed by atoms with Crippen LogP contribution in [0.4, 0.5) is 10.5 Å². The van der Waals surface area contributed by atoms with Gasteiger partial charge in [0.1, 0.15) is 5.69 Å². The van der Waals surface area contributed by atoms with Crippen LogP contribution in [0.5, 0.6) is 0 Å². The molecular formula is C17H26N4O3. The predicted octanol–water partition coefficient (Wildman–Crippen LogP) is 2.21. The number of amides is 2. The Morgan fingerprint density at radius 3 is 2.54 bits per heavy atom. The van der Waals surface area contributed by atoms with Crippen LogP contribution in [0.15, 0.2) is 18.3 Å². The lowest BCUT2D eigenvalue weighted by Gasteiger charge is -2.33. The largest absolute Gasteiger partial charge is 0.450 e. The molecule has 1 N–H and O–H groups in total. The van der Waals surface area contributed by atoms with Crippen LogP contribution in [-0.4, -0.2) is 65.6 Å². The minimum Gasteiger partial charge on any atom is -0.450 e. The van der Waals surface area contributed by atoms with Gasteiger partial charge in [0, 0.05) is 44.1 Å². The van der Waals surface area contributed by atoms with E-state index in [-0.39, 0.29) is 12.0 Å². The number of hydrogen-bond acceptors (Lipinski definition) is 5. The fraction of sp³-hybridized carbons (Fsp3) is 0.588. The fourth-order valence-corrected chi connectivity index (χ4v) is 2.49. The first-order valence-electron chi connectivity index (χ1n) is 8.48. The molecule has 0 saturated carbocycles. The zero-order chi connectivity index (χ0) is 17.5. The van der Waals surface area contributed by atoms with Crippen molar-refractivity contribution in [1.82, 2.24) is 14.8 Å². The van der Waals surface area contributed by atoms with Crippen LogP contribution < -0.4 is 5.32 Å². The van der Waals surface area contributed by atoms with E-state index in [0.717, 1.165) is 12.1 Å². The molecule has 24 heavy (non-hydrogen) atoms. The normalized spacial score (nSPS) is 15.8. The zero-order valence-corrected chi connectivity index (χ0v) is 14.6. The highest BCUT2D eigenvalue weighted by molar-refractivity contribution is 5.93. The van der Waals surface area contributed by atoms with Crippen molar-refractivity contribution < 1.29 is 14.3 Å². The van der Waals surface area contributed by atoms with E-state index in [1.54, 1.807) is 29.0 Å². The van der Waals surface area contributed by atoms with Gasteiger partial charge in [-0.15, -0.1) is 0 Å². The Kier molecular flexibility index (Phi) is 6.40. The van der Waals surface area contributed by atoms with Crippen molar-refractivity contribution in [1.29, 1.82) is 0 Å². The van der Waals surface area contributed by atoms with Crippen LogP contribution in [0.2, 0.25) is 0 Å². The number of piperazine rings is 1. The number of pyridine rings is 1. The Hall–Kier alpha value is -2.31. The molecule has 2 rings (SSSR count). The molecule has 1 aliphatic rings. The lowest BCUT2D eigenvalue weighted by molar-refractivity contribution is 0.0566. The molecule has 2 heterocycles. The Balaban J connectivity index is 1.95. The minimum atomic E-state index is -0.317. The van der Waals surface area contributed by atoms with Gasteiger partial charge in [-0.1, -0.05) is 6.92 Å². The monoisotopic (exact) mass is 334 g/mol. The van der Waals surface area contributed by atoms with E-state index in [0.29, 0.717) is 44.5 Å². The lowest BCUT2D eigenvalue weighted by atomic mass is 10.2. The van der Waals surface area contributed by atoms with Crippen molar-refractivity contribution in [3.63, 3.8) is 0 Å². The number of ether oxygens (including phenoxy) is 1. The molecule has 132 valence electrons. The maximum atomic E-state index is 12.6. The molecule has 1 aromatic heterocycles. The Morgan fingerprint density at radius 1 is 1.25 bits per heavy atom. The van der Waals surface area contributed by atoms with E-state index in [1.807, 2.05) is 6.07 Å². The van der Waals surface area contributed by atoms with Crippen molar-refractivity contribution >= 4 is 17.7 Å². The van der Waals surface area contributed by atoms with E-state index >= 15 is 0 Å². The van der Waals surface area contributed by atoms with Gasteiger partial charge in [0.05, 0.1) is 6.61 Å².